The van der Waals surface area contributed by atoms with E-state index in [1.165, 1.54) is 6.07 Å². The number of halogens is 2. The van der Waals surface area contributed by atoms with Gasteiger partial charge in [0.2, 0.25) is 0 Å². The Morgan fingerprint density at radius 2 is 2.00 bits per heavy atom. The molecule has 0 spiro atoms. The van der Waals surface area contributed by atoms with Crippen molar-refractivity contribution in [2.45, 2.75) is 39.3 Å². The van der Waals surface area contributed by atoms with E-state index in [0.717, 1.165) is 27.7 Å². The molecule has 2 rings (SSSR count). The maximum atomic E-state index is 13.7. The lowest BCUT2D eigenvalue weighted by molar-refractivity contribution is 0.156. The first-order valence-corrected chi connectivity index (χ1v) is 7.85. The van der Waals surface area contributed by atoms with Crippen molar-refractivity contribution < 1.29 is 13.9 Å². The number of benzene rings is 1. The molecule has 2 aromatic rings. The van der Waals surface area contributed by atoms with Crippen LogP contribution in [0.15, 0.2) is 18.2 Å². The molecule has 1 aromatic carbocycles. The van der Waals surface area contributed by atoms with Gasteiger partial charge in [-0.05, 0) is 33.8 Å². The lowest BCUT2D eigenvalue weighted by Crippen LogP contribution is -2.39. The van der Waals surface area contributed by atoms with Gasteiger partial charge < -0.3 is 10.4 Å². The minimum Gasteiger partial charge on any atom is -0.387 e. The molecule has 2 N–H and O–H groups in total. The summed E-state index contributed by atoms with van der Waals surface area (Å²) in [5, 5.41) is 14.2. The van der Waals surface area contributed by atoms with E-state index in [0.29, 0.717) is 0 Å². The van der Waals surface area contributed by atoms with Crippen molar-refractivity contribution in [3.8, 4) is 0 Å². The molecule has 0 aliphatic carbocycles. The Morgan fingerprint density at radius 1 is 1.32 bits per heavy atom. The highest BCUT2D eigenvalue weighted by atomic mass is 32.1. The third kappa shape index (κ3) is 3.69. The number of thiazole rings is 1. The van der Waals surface area contributed by atoms with Crippen LogP contribution in [0, 0.1) is 25.5 Å². The SMILES string of the molecule is Cc1nc(C(C)(C)NCC(O)c2ccc(F)cc2F)sc1C. The van der Waals surface area contributed by atoms with Crippen LogP contribution in [0.2, 0.25) is 0 Å². The highest BCUT2D eigenvalue weighted by Gasteiger charge is 2.26. The molecule has 0 radical (unpaired) electrons. The van der Waals surface area contributed by atoms with Crippen molar-refractivity contribution >= 4 is 11.3 Å². The van der Waals surface area contributed by atoms with Crippen molar-refractivity contribution in [1.82, 2.24) is 10.3 Å². The van der Waals surface area contributed by atoms with Crippen LogP contribution in [0.3, 0.4) is 0 Å². The summed E-state index contributed by atoms with van der Waals surface area (Å²) in [4.78, 5) is 5.66. The van der Waals surface area contributed by atoms with Gasteiger partial charge in [-0.3, -0.25) is 0 Å². The first-order chi connectivity index (χ1) is 10.2. The fraction of sp³-hybridized carbons (Fsp3) is 0.438. The van der Waals surface area contributed by atoms with Crippen LogP contribution < -0.4 is 5.32 Å². The zero-order valence-electron chi connectivity index (χ0n) is 13.1. The summed E-state index contributed by atoms with van der Waals surface area (Å²) in [6.45, 7) is 8.02. The van der Waals surface area contributed by atoms with E-state index < -0.39 is 23.3 Å². The van der Waals surface area contributed by atoms with Gasteiger partial charge in [-0.15, -0.1) is 11.3 Å². The highest BCUT2D eigenvalue weighted by Crippen LogP contribution is 2.28. The van der Waals surface area contributed by atoms with Gasteiger partial charge in [0, 0.05) is 23.1 Å². The molecule has 1 unspecified atom stereocenters. The van der Waals surface area contributed by atoms with Gasteiger partial charge in [0.1, 0.15) is 16.6 Å². The molecule has 0 aliphatic rings. The van der Waals surface area contributed by atoms with E-state index in [-0.39, 0.29) is 12.1 Å². The predicted octanol–water partition coefficient (Wildman–Crippen LogP) is 3.60. The second-order valence-electron chi connectivity index (χ2n) is 5.85. The summed E-state index contributed by atoms with van der Waals surface area (Å²) in [5.74, 6) is -1.40. The van der Waals surface area contributed by atoms with E-state index in [4.69, 9.17) is 0 Å². The average Bonchev–Trinajstić information content (AvgIpc) is 2.77. The summed E-state index contributed by atoms with van der Waals surface area (Å²) < 4.78 is 26.6. The number of aliphatic hydroxyl groups excluding tert-OH is 1. The van der Waals surface area contributed by atoms with Gasteiger partial charge >= 0.3 is 0 Å². The lowest BCUT2D eigenvalue weighted by atomic mass is 10.0. The largest absolute Gasteiger partial charge is 0.387 e. The summed E-state index contributed by atoms with van der Waals surface area (Å²) in [6, 6.07) is 3.18. The highest BCUT2D eigenvalue weighted by molar-refractivity contribution is 7.11. The van der Waals surface area contributed by atoms with Crippen LogP contribution in [-0.4, -0.2) is 16.6 Å². The first-order valence-electron chi connectivity index (χ1n) is 7.03. The molecular formula is C16H20F2N2OS. The molecule has 0 amide bonds. The van der Waals surface area contributed by atoms with Crippen molar-refractivity contribution in [1.29, 1.82) is 0 Å². The Morgan fingerprint density at radius 3 is 2.55 bits per heavy atom. The Kier molecular flexibility index (Phi) is 4.94. The normalized spacial score (nSPS) is 13.4. The molecule has 0 saturated heterocycles. The molecule has 0 saturated carbocycles. The van der Waals surface area contributed by atoms with Gasteiger partial charge in [0.25, 0.3) is 0 Å². The Balaban J connectivity index is 2.07. The molecule has 1 heterocycles. The fourth-order valence-corrected chi connectivity index (χ4v) is 3.04. The molecule has 120 valence electrons. The summed E-state index contributed by atoms with van der Waals surface area (Å²) in [5.41, 5.74) is 0.623. The van der Waals surface area contributed by atoms with Crippen molar-refractivity contribution in [3.63, 3.8) is 0 Å². The fourth-order valence-electron chi connectivity index (χ4n) is 2.05. The molecule has 6 heteroatoms. The number of nitrogens with zero attached hydrogens (tertiary/aromatic N) is 1. The molecular weight excluding hydrogens is 306 g/mol. The van der Waals surface area contributed by atoms with Gasteiger partial charge in [-0.1, -0.05) is 6.07 Å². The standard InChI is InChI=1S/C16H20F2N2OS/c1-9-10(2)22-15(20-9)16(3,4)19-8-14(21)12-6-5-11(17)7-13(12)18/h5-7,14,19,21H,8H2,1-4H3. The van der Waals surface area contributed by atoms with Crippen LogP contribution in [0.4, 0.5) is 8.78 Å². The van der Waals surface area contributed by atoms with Crippen LogP contribution in [0.1, 0.15) is 41.1 Å². The summed E-state index contributed by atoms with van der Waals surface area (Å²) in [6.07, 6.45) is -1.05. The molecule has 22 heavy (non-hydrogen) atoms. The van der Waals surface area contributed by atoms with E-state index in [1.807, 2.05) is 27.7 Å². The van der Waals surface area contributed by atoms with Gasteiger partial charge in [0.05, 0.1) is 17.3 Å². The number of rotatable bonds is 5. The van der Waals surface area contributed by atoms with Gasteiger partial charge in [0.15, 0.2) is 0 Å². The smallest absolute Gasteiger partial charge is 0.131 e. The van der Waals surface area contributed by atoms with Crippen LogP contribution >= 0.6 is 11.3 Å². The Bertz CT molecular complexity index is 651. The summed E-state index contributed by atoms with van der Waals surface area (Å²) >= 11 is 1.59. The minimum absolute atomic E-state index is 0.0798. The Labute approximate surface area is 133 Å². The molecule has 0 aliphatic heterocycles. The predicted molar refractivity (Wildman–Crippen MR) is 83.9 cm³/mol. The van der Waals surface area contributed by atoms with Gasteiger partial charge in [-0.2, -0.15) is 0 Å². The van der Waals surface area contributed by atoms with Crippen molar-refractivity contribution in [2.24, 2.45) is 0 Å². The van der Waals surface area contributed by atoms with E-state index in [2.05, 4.69) is 10.3 Å². The quantitative estimate of drug-likeness (QED) is 0.882. The molecule has 1 aromatic heterocycles. The van der Waals surface area contributed by atoms with E-state index in [1.54, 1.807) is 11.3 Å². The number of aromatic nitrogens is 1. The minimum atomic E-state index is -1.05. The number of nitrogens with one attached hydrogen (secondary N) is 1. The zero-order chi connectivity index (χ0) is 16.5. The maximum Gasteiger partial charge on any atom is 0.131 e. The third-order valence-corrected chi connectivity index (χ3v) is 5.02. The number of hydrogen-bond donors (Lipinski definition) is 2. The number of hydrogen-bond acceptors (Lipinski definition) is 4. The van der Waals surface area contributed by atoms with Gasteiger partial charge in [-0.25, -0.2) is 13.8 Å². The average molecular weight is 326 g/mol. The topological polar surface area (TPSA) is 45.2 Å². The zero-order valence-corrected chi connectivity index (χ0v) is 13.9. The first kappa shape index (κ1) is 17.0. The van der Waals surface area contributed by atoms with Crippen LogP contribution in [0.25, 0.3) is 0 Å². The van der Waals surface area contributed by atoms with Crippen molar-refractivity contribution in [3.05, 3.63) is 51.0 Å². The Hall–Kier alpha value is -1.37. The van der Waals surface area contributed by atoms with E-state index >= 15 is 0 Å². The van der Waals surface area contributed by atoms with Crippen LogP contribution in [0.5, 0.6) is 0 Å². The van der Waals surface area contributed by atoms with Crippen LogP contribution in [-0.2, 0) is 5.54 Å². The monoisotopic (exact) mass is 326 g/mol. The molecule has 0 bridgehead atoms. The second kappa shape index (κ2) is 6.40. The molecule has 0 fully saturated rings. The lowest BCUT2D eigenvalue weighted by Gasteiger charge is -2.26. The number of aryl methyl sites for hydroxylation is 2. The number of aliphatic hydroxyl groups is 1. The molecule has 1 atom stereocenters. The van der Waals surface area contributed by atoms with Crippen molar-refractivity contribution in [2.75, 3.05) is 6.54 Å². The third-order valence-electron chi connectivity index (χ3n) is 3.62. The molecule has 3 nitrogen and oxygen atoms in total. The second-order valence-corrected chi connectivity index (χ2v) is 7.05. The maximum absolute atomic E-state index is 13.7. The summed E-state index contributed by atoms with van der Waals surface area (Å²) in [7, 11) is 0. The van der Waals surface area contributed by atoms with E-state index in [9.17, 15) is 13.9 Å².